The highest BCUT2D eigenvalue weighted by molar-refractivity contribution is 7.25. The largest absolute Gasteiger partial charge is 0.456 e. The summed E-state index contributed by atoms with van der Waals surface area (Å²) in [6.45, 7) is 0. The van der Waals surface area contributed by atoms with Gasteiger partial charge < -0.3 is 8.98 Å². The van der Waals surface area contributed by atoms with Crippen molar-refractivity contribution in [3.05, 3.63) is 164 Å². The number of aromatic nitrogens is 2. The molecule has 0 fully saturated rings. The number of anilines is 3. The Balaban J connectivity index is 1.24. The van der Waals surface area contributed by atoms with Crippen LogP contribution in [0.15, 0.2) is 168 Å². The normalized spacial score (nSPS) is 12.0. The van der Waals surface area contributed by atoms with Gasteiger partial charge in [0.25, 0.3) is 0 Å². The molecular formula is C45H27N3OS. The first-order valence-electron chi connectivity index (χ1n) is 16.8. The van der Waals surface area contributed by atoms with Crippen LogP contribution < -0.4 is 4.90 Å². The van der Waals surface area contributed by atoms with Crippen molar-refractivity contribution in [3.63, 3.8) is 0 Å². The maximum atomic E-state index is 6.33. The molecule has 0 amide bonds. The van der Waals surface area contributed by atoms with E-state index in [4.69, 9.17) is 9.40 Å². The van der Waals surface area contributed by atoms with E-state index in [2.05, 4.69) is 143 Å². The molecule has 0 aliphatic rings. The van der Waals surface area contributed by atoms with E-state index in [0.29, 0.717) is 0 Å². The molecule has 4 nitrogen and oxygen atoms in total. The molecule has 0 aliphatic heterocycles. The summed E-state index contributed by atoms with van der Waals surface area (Å²) < 4.78 is 11.4. The van der Waals surface area contributed by atoms with Crippen LogP contribution >= 0.6 is 11.3 Å². The number of para-hydroxylation sites is 2. The summed E-state index contributed by atoms with van der Waals surface area (Å²) in [7, 11) is 0. The molecule has 50 heavy (non-hydrogen) atoms. The van der Waals surface area contributed by atoms with Gasteiger partial charge in [-0.25, -0.2) is 4.98 Å². The summed E-state index contributed by atoms with van der Waals surface area (Å²) in [4.78, 5) is 7.03. The number of thiophene rings is 1. The van der Waals surface area contributed by atoms with Gasteiger partial charge >= 0.3 is 0 Å². The summed E-state index contributed by atoms with van der Waals surface area (Å²) in [5.74, 6) is 0.869. The predicted molar refractivity (Wildman–Crippen MR) is 211 cm³/mol. The Kier molecular flexibility index (Phi) is 5.80. The number of benzene rings is 7. The first-order valence-corrected chi connectivity index (χ1v) is 17.6. The molecule has 0 bridgehead atoms. The summed E-state index contributed by atoms with van der Waals surface area (Å²) in [5, 5.41) is 9.62. The molecule has 0 radical (unpaired) electrons. The van der Waals surface area contributed by atoms with Crippen molar-refractivity contribution in [1.82, 2.24) is 9.55 Å². The van der Waals surface area contributed by atoms with Gasteiger partial charge in [-0.2, -0.15) is 0 Å². The van der Waals surface area contributed by atoms with Crippen molar-refractivity contribution in [2.45, 2.75) is 0 Å². The van der Waals surface area contributed by atoms with Crippen LogP contribution in [0.2, 0.25) is 0 Å². The quantitative estimate of drug-likeness (QED) is 0.189. The molecule has 0 N–H and O–H groups in total. The van der Waals surface area contributed by atoms with Gasteiger partial charge in [-0.15, -0.1) is 11.3 Å². The highest BCUT2D eigenvalue weighted by Gasteiger charge is 2.21. The van der Waals surface area contributed by atoms with Gasteiger partial charge in [0.2, 0.25) is 0 Å². The zero-order chi connectivity index (χ0) is 32.8. The summed E-state index contributed by atoms with van der Waals surface area (Å²) in [6, 6.07) is 56.4. The van der Waals surface area contributed by atoms with E-state index in [-0.39, 0.29) is 0 Å². The molecule has 234 valence electrons. The third-order valence-electron chi connectivity index (χ3n) is 10.00. The van der Waals surface area contributed by atoms with Crippen LogP contribution in [-0.2, 0) is 0 Å². The lowest BCUT2D eigenvalue weighted by Gasteiger charge is -2.24. The number of hydrogen-bond acceptors (Lipinski definition) is 4. The van der Waals surface area contributed by atoms with Crippen molar-refractivity contribution in [1.29, 1.82) is 0 Å². The van der Waals surface area contributed by atoms with Gasteiger partial charge in [0.1, 0.15) is 17.0 Å². The average molecular weight is 658 g/mol. The van der Waals surface area contributed by atoms with Crippen molar-refractivity contribution < 1.29 is 4.42 Å². The lowest BCUT2D eigenvalue weighted by molar-refractivity contribution is 0.669. The third kappa shape index (κ3) is 4.01. The first kappa shape index (κ1) is 27.5. The zero-order valence-electron chi connectivity index (χ0n) is 26.7. The van der Waals surface area contributed by atoms with Gasteiger partial charge in [0.05, 0.1) is 11.0 Å². The summed E-state index contributed by atoms with van der Waals surface area (Å²) >= 11 is 1.85. The van der Waals surface area contributed by atoms with E-state index < -0.39 is 0 Å². The van der Waals surface area contributed by atoms with Crippen LogP contribution in [-0.4, -0.2) is 9.55 Å². The highest BCUT2D eigenvalue weighted by Crippen LogP contribution is 2.44. The number of fused-ring (bicyclic) bond motifs is 11. The fourth-order valence-electron chi connectivity index (χ4n) is 7.80. The van der Waals surface area contributed by atoms with Crippen molar-refractivity contribution in [3.8, 4) is 5.69 Å². The molecule has 4 aromatic heterocycles. The fourth-order valence-corrected chi connectivity index (χ4v) is 8.94. The minimum atomic E-state index is 0.869. The third-order valence-corrected chi connectivity index (χ3v) is 11.1. The number of rotatable bonds is 4. The molecule has 0 atom stereocenters. The Labute approximate surface area is 290 Å². The minimum Gasteiger partial charge on any atom is -0.456 e. The molecular weight excluding hydrogens is 631 g/mol. The Hall–Kier alpha value is -6.43. The topological polar surface area (TPSA) is 34.2 Å². The van der Waals surface area contributed by atoms with E-state index in [1.165, 1.54) is 41.8 Å². The molecule has 11 aromatic rings. The van der Waals surface area contributed by atoms with Crippen molar-refractivity contribution in [2.24, 2.45) is 0 Å². The fraction of sp³-hybridized carbons (Fsp3) is 0. The smallest absolute Gasteiger partial charge is 0.137 e. The second-order valence-electron chi connectivity index (χ2n) is 12.8. The Morgan fingerprint density at radius 3 is 2.20 bits per heavy atom. The molecule has 0 unspecified atom stereocenters. The van der Waals surface area contributed by atoms with Gasteiger partial charge in [-0.05, 0) is 95.7 Å². The molecule has 11 rings (SSSR count). The lowest BCUT2D eigenvalue weighted by atomic mass is 10.0. The second kappa shape index (κ2) is 10.5. The van der Waals surface area contributed by atoms with E-state index in [1.54, 1.807) is 0 Å². The van der Waals surface area contributed by atoms with E-state index in [0.717, 1.165) is 55.7 Å². The van der Waals surface area contributed by atoms with E-state index >= 15 is 0 Å². The number of pyridine rings is 1. The second-order valence-corrected chi connectivity index (χ2v) is 13.9. The molecule has 4 heterocycles. The van der Waals surface area contributed by atoms with Crippen LogP contribution in [0.1, 0.15) is 0 Å². The molecule has 0 aliphatic carbocycles. The maximum absolute atomic E-state index is 6.33. The minimum absolute atomic E-state index is 0.869. The number of nitrogens with zero attached hydrogens (tertiary/aromatic N) is 3. The van der Waals surface area contributed by atoms with Crippen LogP contribution in [0.5, 0.6) is 0 Å². The van der Waals surface area contributed by atoms with Crippen LogP contribution in [0.3, 0.4) is 0 Å². The molecule has 0 saturated heterocycles. The van der Waals surface area contributed by atoms with Crippen molar-refractivity contribution >= 4 is 103 Å². The van der Waals surface area contributed by atoms with Gasteiger partial charge in [-0.1, -0.05) is 72.8 Å². The lowest BCUT2D eigenvalue weighted by Crippen LogP contribution is -2.11. The Morgan fingerprint density at radius 2 is 1.30 bits per heavy atom. The van der Waals surface area contributed by atoms with Crippen molar-refractivity contribution in [2.75, 3.05) is 4.90 Å². The Morgan fingerprint density at radius 1 is 0.500 bits per heavy atom. The number of furan rings is 1. The predicted octanol–water partition coefficient (Wildman–Crippen LogP) is 13.1. The average Bonchev–Trinajstić information content (AvgIpc) is 3.83. The zero-order valence-corrected chi connectivity index (χ0v) is 27.6. The van der Waals surface area contributed by atoms with Gasteiger partial charge in [0.15, 0.2) is 0 Å². The Bertz CT molecular complexity index is 3060. The molecule has 0 spiro atoms. The number of hydrogen-bond donors (Lipinski definition) is 0. The van der Waals surface area contributed by atoms with Crippen LogP contribution in [0.25, 0.3) is 80.4 Å². The van der Waals surface area contributed by atoms with Gasteiger partial charge in [-0.3, -0.25) is 4.90 Å². The maximum Gasteiger partial charge on any atom is 0.137 e. The molecule has 5 heteroatoms. The van der Waals surface area contributed by atoms with E-state index in [9.17, 15) is 0 Å². The summed E-state index contributed by atoms with van der Waals surface area (Å²) in [6.07, 6.45) is 1.85. The van der Waals surface area contributed by atoms with Gasteiger partial charge in [0, 0.05) is 65.0 Å². The summed E-state index contributed by atoms with van der Waals surface area (Å²) in [5.41, 5.74) is 7.39. The first-order chi connectivity index (χ1) is 24.8. The molecule has 7 aromatic carbocycles. The standard InChI is InChI=1S/C45H27N3OS/c1-2-10-29(11-3-1)47(44-16-8-9-23-46-44)30-19-22-38-37(25-30)45-35-27-36-32-12-4-6-14-40(32)49-41(36)24-28(35)17-21-39(45)48(38)31-18-20-34-33-13-5-7-15-42(33)50-43(34)26-31/h1-27H. The SMILES string of the molecule is c1ccc(N(c2ccc3c(c2)c2c4cc5c(cc4ccc2n3-c2ccc3c(c2)sc2ccccc23)oc2ccccc25)c2ccccn2)cc1. The monoisotopic (exact) mass is 657 g/mol. The van der Waals surface area contributed by atoms with Crippen LogP contribution in [0, 0.1) is 0 Å². The van der Waals surface area contributed by atoms with Crippen LogP contribution in [0.4, 0.5) is 17.2 Å². The molecule has 0 saturated carbocycles. The highest BCUT2D eigenvalue weighted by atomic mass is 32.1. The van der Waals surface area contributed by atoms with E-state index in [1.807, 2.05) is 41.8 Å².